The number of hydrogen-bond donors (Lipinski definition) is 0. The average Bonchev–Trinajstić information content (AvgIpc) is 2.82. The lowest BCUT2D eigenvalue weighted by Gasteiger charge is -2.37. The van der Waals surface area contributed by atoms with Crippen LogP contribution in [0.2, 0.25) is 0 Å². The van der Waals surface area contributed by atoms with Gasteiger partial charge in [-0.05, 0) is 19.1 Å². The Bertz CT molecular complexity index is 512. The normalized spacial score (nSPS) is 24.7. The van der Waals surface area contributed by atoms with E-state index in [1.54, 1.807) is 11.3 Å². The Morgan fingerprint density at radius 1 is 1.50 bits per heavy atom. The van der Waals surface area contributed by atoms with Crippen LogP contribution < -0.4 is 4.90 Å². The van der Waals surface area contributed by atoms with Crippen LogP contribution in [0, 0.1) is 0 Å². The molecule has 5 heteroatoms. The quantitative estimate of drug-likeness (QED) is 0.792. The van der Waals surface area contributed by atoms with Gasteiger partial charge < -0.3 is 9.64 Å². The first-order valence-corrected chi connectivity index (χ1v) is 8.01. The van der Waals surface area contributed by atoms with Crippen molar-refractivity contribution in [3.05, 3.63) is 24.3 Å². The molecule has 18 heavy (non-hydrogen) atoms. The van der Waals surface area contributed by atoms with E-state index in [1.807, 2.05) is 6.07 Å². The molecule has 0 bridgehead atoms. The number of nitrogens with zero attached hydrogens (tertiary/aromatic N) is 2. The summed E-state index contributed by atoms with van der Waals surface area (Å²) in [7, 11) is 0. The second-order valence-electron chi connectivity index (χ2n) is 4.58. The van der Waals surface area contributed by atoms with Crippen LogP contribution in [0.3, 0.4) is 0 Å². The molecule has 0 N–H and O–H groups in total. The maximum atomic E-state index is 5.75. The van der Waals surface area contributed by atoms with Crippen molar-refractivity contribution in [3.8, 4) is 0 Å². The van der Waals surface area contributed by atoms with Gasteiger partial charge in [0.1, 0.15) is 0 Å². The van der Waals surface area contributed by atoms with Crippen molar-refractivity contribution in [2.75, 3.05) is 23.4 Å². The number of aromatic nitrogens is 1. The van der Waals surface area contributed by atoms with Gasteiger partial charge in [-0.3, -0.25) is 0 Å². The van der Waals surface area contributed by atoms with Crippen LogP contribution in [-0.4, -0.2) is 35.6 Å². The van der Waals surface area contributed by atoms with Crippen LogP contribution in [0.5, 0.6) is 0 Å². The maximum Gasteiger partial charge on any atom is 0.186 e. The summed E-state index contributed by atoms with van der Waals surface area (Å²) in [6, 6.07) is 8.69. The molecule has 2 aromatic rings. The molecule has 1 fully saturated rings. The zero-order chi connectivity index (χ0) is 12.5. The zero-order valence-corrected chi connectivity index (χ0v) is 12.6. The van der Waals surface area contributed by atoms with E-state index < -0.39 is 0 Å². The van der Waals surface area contributed by atoms with E-state index in [1.165, 1.54) is 4.70 Å². The number of anilines is 1. The first-order valence-electron chi connectivity index (χ1n) is 6.07. The van der Waals surface area contributed by atoms with Crippen molar-refractivity contribution in [1.82, 2.24) is 4.98 Å². The summed E-state index contributed by atoms with van der Waals surface area (Å²) < 4.78 is 7.00. The Morgan fingerprint density at radius 2 is 2.33 bits per heavy atom. The van der Waals surface area contributed by atoms with E-state index in [0.29, 0.717) is 6.04 Å². The predicted molar refractivity (Wildman–Crippen MR) is 80.0 cm³/mol. The first-order chi connectivity index (χ1) is 8.78. The maximum absolute atomic E-state index is 5.75. The third-order valence-electron chi connectivity index (χ3n) is 3.21. The summed E-state index contributed by atoms with van der Waals surface area (Å²) in [5.74, 6) is 0. The molecule has 0 spiro atoms. The number of hydrogen-bond acceptors (Lipinski definition) is 4. The second-order valence-corrected chi connectivity index (χ2v) is 6.23. The van der Waals surface area contributed by atoms with E-state index in [4.69, 9.17) is 9.72 Å². The highest BCUT2D eigenvalue weighted by Gasteiger charge is 2.27. The molecule has 1 saturated heterocycles. The number of para-hydroxylation sites is 1. The topological polar surface area (TPSA) is 25.4 Å². The van der Waals surface area contributed by atoms with Crippen molar-refractivity contribution in [3.63, 3.8) is 0 Å². The molecule has 1 aliphatic rings. The zero-order valence-electron chi connectivity index (χ0n) is 10.2. The van der Waals surface area contributed by atoms with Crippen LogP contribution in [0.15, 0.2) is 24.3 Å². The fourth-order valence-corrected chi connectivity index (χ4v) is 3.63. The number of alkyl halides is 1. The van der Waals surface area contributed by atoms with Crippen LogP contribution in [0.1, 0.15) is 6.92 Å². The number of benzene rings is 1. The van der Waals surface area contributed by atoms with Crippen molar-refractivity contribution < 1.29 is 4.74 Å². The molecule has 1 aliphatic heterocycles. The smallest absolute Gasteiger partial charge is 0.186 e. The van der Waals surface area contributed by atoms with E-state index in [0.717, 1.165) is 29.1 Å². The summed E-state index contributed by atoms with van der Waals surface area (Å²) in [6.07, 6.45) is 0.258. The summed E-state index contributed by atoms with van der Waals surface area (Å²) in [4.78, 5) is 7.09. The van der Waals surface area contributed by atoms with E-state index in [-0.39, 0.29) is 6.10 Å². The molecular weight excluding hydrogens is 312 g/mol. The Kier molecular flexibility index (Phi) is 3.54. The minimum atomic E-state index is 0.258. The lowest BCUT2D eigenvalue weighted by atomic mass is 10.2. The monoisotopic (exact) mass is 326 g/mol. The molecule has 1 aromatic carbocycles. The Morgan fingerprint density at radius 3 is 3.11 bits per heavy atom. The van der Waals surface area contributed by atoms with Gasteiger partial charge in [0.25, 0.3) is 0 Å². The molecule has 3 rings (SSSR count). The number of rotatable bonds is 2. The van der Waals surface area contributed by atoms with Crippen molar-refractivity contribution in [2.24, 2.45) is 0 Å². The SMILES string of the molecule is CC1COC(CBr)CN1c1nc2ccccc2s1. The third-order valence-corrected chi connectivity index (χ3v) is 5.00. The molecule has 3 nitrogen and oxygen atoms in total. The molecule has 1 aromatic heterocycles. The fourth-order valence-electron chi connectivity index (χ4n) is 2.16. The van der Waals surface area contributed by atoms with Crippen LogP contribution in [0.4, 0.5) is 5.13 Å². The number of morpholine rings is 1. The van der Waals surface area contributed by atoms with E-state index in [2.05, 4.69) is 46.0 Å². The lowest BCUT2D eigenvalue weighted by Crippen LogP contribution is -2.49. The molecule has 2 unspecified atom stereocenters. The fraction of sp³-hybridized carbons (Fsp3) is 0.462. The first kappa shape index (κ1) is 12.4. The Balaban J connectivity index is 1.92. The highest BCUT2D eigenvalue weighted by atomic mass is 79.9. The number of thiazole rings is 1. The van der Waals surface area contributed by atoms with Gasteiger partial charge in [-0.2, -0.15) is 0 Å². The van der Waals surface area contributed by atoms with Gasteiger partial charge in [-0.25, -0.2) is 4.98 Å². The predicted octanol–water partition coefficient (Wildman–Crippen LogP) is 3.28. The van der Waals surface area contributed by atoms with E-state index >= 15 is 0 Å². The number of halogens is 1. The van der Waals surface area contributed by atoms with Crippen molar-refractivity contribution in [2.45, 2.75) is 19.1 Å². The number of fused-ring (bicyclic) bond motifs is 1. The van der Waals surface area contributed by atoms with Gasteiger partial charge in [0.2, 0.25) is 0 Å². The second kappa shape index (κ2) is 5.15. The van der Waals surface area contributed by atoms with Gasteiger partial charge >= 0.3 is 0 Å². The van der Waals surface area contributed by atoms with Gasteiger partial charge in [0.05, 0.1) is 29.0 Å². The number of ether oxygens (including phenoxy) is 1. The summed E-state index contributed by atoms with van der Waals surface area (Å²) >= 11 is 5.26. The molecule has 0 saturated carbocycles. The summed E-state index contributed by atoms with van der Waals surface area (Å²) in [5.41, 5.74) is 1.09. The molecular formula is C13H15BrN2OS. The molecule has 0 radical (unpaired) electrons. The minimum Gasteiger partial charge on any atom is -0.373 e. The van der Waals surface area contributed by atoms with Gasteiger partial charge in [0, 0.05) is 11.9 Å². The summed E-state index contributed by atoms with van der Waals surface area (Å²) in [6.45, 7) is 3.87. The van der Waals surface area contributed by atoms with Gasteiger partial charge in [0.15, 0.2) is 5.13 Å². The van der Waals surface area contributed by atoms with Crippen molar-refractivity contribution >= 4 is 42.6 Å². The Labute approximate surface area is 119 Å². The molecule has 2 heterocycles. The molecule has 2 atom stereocenters. The van der Waals surface area contributed by atoms with Crippen LogP contribution in [-0.2, 0) is 4.74 Å². The minimum absolute atomic E-state index is 0.258. The Hall–Kier alpha value is -0.650. The van der Waals surface area contributed by atoms with Gasteiger partial charge in [-0.15, -0.1) is 0 Å². The van der Waals surface area contributed by atoms with Crippen LogP contribution in [0.25, 0.3) is 10.2 Å². The standard InChI is InChI=1S/C13H15BrN2OS/c1-9-8-17-10(6-14)7-16(9)13-15-11-4-2-3-5-12(11)18-13/h2-5,9-10H,6-8H2,1H3. The summed E-state index contributed by atoms with van der Waals surface area (Å²) in [5, 5.41) is 1.99. The highest BCUT2D eigenvalue weighted by Crippen LogP contribution is 2.31. The third kappa shape index (κ3) is 2.27. The molecule has 0 amide bonds. The lowest BCUT2D eigenvalue weighted by molar-refractivity contribution is 0.0380. The van der Waals surface area contributed by atoms with Gasteiger partial charge in [-0.1, -0.05) is 39.4 Å². The largest absolute Gasteiger partial charge is 0.373 e. The van der Waals surface area contributed by atoms with E-state index in [9.17, 15) is 0 Å². The van der Waals surface area contributed by atoms with Crippen molar-refractivity contribution in [1.29, 1.82) is 0 Å². The highest BCUT2D eigenvalue weighted by molar-refractivity contribution is 9.09. The average molecular weight is 327 g/mol. The molecule has 0 aliphatic carbocycles. The van der Waals surface area contributed by atoms with Crippen LogP contribution >= 0.6 is 27.3 Å². The molecule has 96 valence electrons.